The van der Waals surface area contributed by atoms with Gasteiger partial charge in [0.2, 0.25) is 0 Å². The molecule has 0 N–H and O–H groups in total. The van der Waals surface area contributed by atoms with Crippen LogP contribution in [0.4, 0.5) is 0 Å². The van der Waals surface area contributed by atoms with E-state index in [0.717, 1.165) is 38.3 Å². The second-order valence-electron chi connectivity index (χ2n) is 4.70. The summed E-state index contributed by atoms with van der Waals surface area (Å²) in [5.74, 6) is 0. The van der Waals surface area contributed by atoms with Crippen LogP contribution in [-0.4, -0.2) is 47.5 Å². The first kappa shape index (κ1) is 13.0. The number of rotatable bonds is 4. The minimum absolute atomic E-state index is 0.150. The first-order valence-electron chi connectivity index (χ1n) is 6.61. The molecule has 0 aromatic carbocycles. The SMILES string of the molecule is CCCN1CCN(C(C#N)c2cccnc2)CC1. The van der Waals surface area contributed by atoms with E-state index in [0.29, 0.717) is 0 Å². The standard InChI is InChI=1S/C14H20N4/c1-2-6-17-7-9-18(10-8-17)14(11-15)13-4-3-5-16-12-13/h3-5,12,14H,2,6-10H2,1H3. The summed E-state index contributed by atoms with van der Waals surface area (Å²) in [7, 11) is 0. The number of pyridine rings is 1. The number of piperazine rings is 1. The first-order chi connectivity index (χ1) is 8.85. The lowest BCUT2D eigenvalue weighted by Crippen LogP contribution is -2.47. The predicted molar refractivity (Wildman–Crippen MR) is 70.9 cm³/mol. The van der Waals surface area contributed by atoms with Crippen LogP contribution in [0.15, 0.2) is 24.5 Å². The zero-order chi connectivity index (χ0) is 12.8. The Hall–Kier alpha value is -1.44. The molecule has 1 aliphatic rings. The summed E-state index contributed by atoms with van der Waals surface area (Å²) < 4.78 is 0. The van der Waals surface area contributed by atoms with Gasteiger partial charge in [0.1, 0.15) is 6.04 Å². The average molecular weight is 244 g/mol. The third-order valence-electron chi connectivity index (χ3n) is 3.43. The van der Waals surface area contributed by atoms with E-state index in [2.05, 4.69) is 27.8 Å². The second-order valence-corrected chi connectivity index (χ2v) is 4.70. The Bertz CT molecular complexity index is 390. The number of aromatic nitrogens is 1. The highest BCUT2D eigenvalue weighted by Crippen LogP contribution is 2.20. The predicted octanol–water partition coefficient (Wildman–Crippen LogP) is 1.67. The Kier molecular flexibility index (Phi) is 4.68. The summed E-state index contributed by atoms with van der Waals surface area (Å²) in [4.78, 5) is 8.82. The normalized spacial score (nSPS) is 19.3. The molecule has 0 radical (unpaired) electrons. The van der Waals surface area contributed by atoms with Crippen molar-refractivity contribution < 1.29 is 0 Å². The lowest BCUT2D eigenvalue weighted by Gasteiger charge is -2.36. The summed E-state index contributed by atoms with van der Waals surface area (Å²) >= 11 is 0. The van der Waals surface area contributed by atoms with Crippen molar-refractivity contribution in [3.05, 3.63) is 30.1 Å². The molecule has 0 aliphatic carbocycles. The van der Waals surface area contributed by atoms with Gasteiger partial charge < -0.3 is 4.90 Å². The third-order valence-corrected chi connectivity index (χ3v) is 3.43. The van der Waals surface area contributed by atoms with Crippen LogP contribution >= 0.6 is 0 Å². The van der Waals surface area contributed by atoms with Gasteiger partial charge in [0.15, 0.2) is 0 Å². The number of hydrogen-bond acceptors (Lipinski definition) is 4. The highest BCUT2D eigenvalue weighted by Gasteiger charge is 2.24. The van der Waals surface area contributed by atoms with Gasteiger partial charge in [-0.25, -0.2) is 0 Å². The highest BCUT2D eigenvalue weighted by atomic mass is 15.3. The molecule has 0 saturated carbocycles. The fraction of sp³-hybridized carbons (Fsp3) is 0.571. The third kappa shape index (κ3) is 3.06. The van der Waals surface area contributed by atoms with Crippen LogP contribution in [0.3, 0.4) is 0 Å². The molecule has 1 aromatic rings. The molecule has 0 bridgehead atoms. The Morgan fingerprint density at radius 3 is 2.72 bits per heavy atom. The Balaban J connectivity index is 1.97. The molecule has 1 unspecified atom stereocenters. The molecule has 18 heavy (non-hydrogen) atoms. The molecule has 1 atom stereocenters. The van der Waals surface area contributed by atoms with Crippen LogP contribution in [0.25, 0.3) is 0 Å². The first-order valence-corrected chi connectivity index (χ1v) is 6.61. The number of hydrogen-bond donors (Lipinski definition) is 0. The van der Waals surface area contributed by atoms with Gasteiger partial charge in [-0.05, 0) is 19.0 Å². The van der Waals surface area contributed by atoms with Crippen molar-refractivity contribution in [2.75, 3.05) is 32.7 Å². The van der Waals surface area contributed by atoms with Crippen molar-refractivity contribution in [2.45, 2.75) is 19.4 Å². The maximum Gasteiger partial charge on any atom is 0.125 e. The highest BCUT2D eigenvalue weighted by molar-refractivity contribution is 5.20. The molecule has 2 rings (SSSR count). The molecule has 1 saturated heterocycles. The summed E-state index contributed by atoms with van der Waals surface area (Å²) in [5.41, 5.74) is 1.00. The van der Waals surface area contributed by atoms with Gasteiger partial charge >= 0.3 is 0 Å². The topological polar surface area (TPSA) is 43.2 Å². The van der Waals surface area contributed by atoms with Crippen molar-refractivity contribution >= 4 is 0 Å². The van der Waals surface area contributed by atoms with Gasteiger partial charge in [-0.3, -0.25) is 9.88 Å². The van der Waals surface area contributed by atoms with E-state index in [1.165, 1.54) is 6.42 Å². The maximum absolute atomic E-state index is 9.37. The van der Waals surface area contributed by atoms with Crippen molar-refractivity contribution in [2.24, 2.45) is 0 Å². The van der Waals surface area contributed by atoms with Gasteiger partial charge in [0.25, 0.3) is 0 Å². The quantitative estimate of drug-likeness (QED) is 0.808. The molecule has 1 aliphatic heterocycles. The van der Waals surface area contributed by atoms with Crippen molar-refractivity contribution in [1.82, 2.24) is 14.8 Å². The Morgan fingerprint density at radius 2 is 2.17 bits per heavy atom. The molecular formula is C14H20N4. The van der Waals surface area contributed by atoms with E-state index in [-0.39, 0.29) is 6.04 Å². The molecule has 1 aromatic heterocycles. The lowest BCUT2D eigenvalue weighted by molar-refractivity contribution is 0.114. The molecule has 4 heteroatoms. The number of nitriles is 1. The molecular weight excluding hydrogens is 224 g/mol. The summed E-state index contributed by atoms with van der Waals surface area (Å²) in [6.07, 6.45) is 4.74. The minimum atomic E-state index is -0.150. The Labute approximate surface area is 109 Å². The smallest absolute Gasteiger partial charge is 0.125 e. The minimum Gasteiger partial charge on any atom is -0.301 e. The average Bonchev–Trinajstić information content (AvgIpc) is 2.43. The van der Waals surface area contributed by atoms with Gasteiger partial charge in [-0.1, -0.05) is 13.0 Å². The van der Waals surface area contributed by atoms with Crippen LogP contribution in [0.2, 0.25) is 0 Å². The van der Waals surface area contributed by atoms with Gasteiger partial charge in [-0.15, -0.1) is 0 Å². The van der Waals surface area contributed by atoms with E-state index >= 15 is 0 Å². The van der Waals surface area contributed by atoms with E-state index < -0.39 is 0 Å². The van der Waals surface area contributed by atoms with Gasteiger partial charge in [0.05, 0.1) is 6.07 Å². The van der Waals surface area contributed by atoms with Gasteiger partial charge in [-0.2, -0.15) is 5.26 Å². The monoisotopic (exact) mass is 244 g/mol. The van der Waals surface area contributed by atoms with E-state index in [1.54, 1.807) is 12.4 Å². The fourth-order valence-corrected chi connectivity index (χ4v) is 2.47. The zero-order valence-corrected chi connectivity index (χ0v) is 10.9. The van der Waals surface area contributed by atoms with Crippen LogP contribution < -0.4 is 0 Å². The Morgan fingerprint density at radius 1 is 1.39 bits per heavy atom. The van der Waals surface area contributed by atoms with E-state index in [9.17, 15) is 5.26 Å². The molecule has 2 heterocycles. The van der Waals surface area contributed by atoms with Crippen molar-refractivity contribution in [3.8, 4) is 6.07 Å². The van der Waals surface area contributed by atoms with Crippen LogP contribution in [0.1, 0.15) is 24.9 Å². The van der Waals surface area contributed by atoms with Crippen LogP contribution in [-0.2, 0) is 0 Å². The van der Waals surface area contributed by atoms with Crippen LogP contribution in [0, 0.1) is 11.3 Å². The molecule has 96 valence electrons. The fourth-order valence-electron chi connectivity index (χ4n) is 2.47. The summed E-state index contributed by atoms with van der Waals surface area (Å²) in [6.45, 7) is 7.43. The van der Waals surface area contributed by atoms with Crippen molar-refractivity contribution in [1.29, 1.82) is 5.26 Å². The second kappa shape index (κ2) is 6.48. The number of nitrogens with zero attached hydrogens (tertiary/aromatic N) is 4. The van der Waals surface area contributed by atoms with E-state index in [1.807, 2.05) is 12.1 Å². The molecule has 0 amide bonds. The van der Waals surface area contributed by atoms with Crippen LogP contribution in [0.5, 0.6) is 0 Å². The largest absolute Gasteiger partial charge is 0.301 e. The zero-order valence-electron chi connectivity index (χ0n) is 10.9. The molecule has 1 fully saturated rings. The lowest BCUT2D eigenvalue weighted by atomic mass is 10.1. The van der Waals surface area contributed by atoms with Crippen molar-refractivity contribution in [3.63, 3.8) is 0 Å². The molecule has 0 spiro atoms. The van der Waals surface area contributed by atoms with Gasteiger partial charge in [0, 0.05) is 44.1 Å². The maximum atomic E-state index is 9.37. The summed E-state index contributed by atoms with van der Waals surface area (Å²) in [5, 5.41) is 9.37. The molecule has 4 nitrogen and oxygen atoms in total. The summed E-state index contributed by atoms with van der Waals surface area (Å²) in [6, 6.07) is 6.13. The van der Waals surface area contributed by atoms with E-state index in [4.69, 9.17) is 0 Å².